The molecule has 3 aliphatic rings. The first-order chi connectivity index (χ1) is 58.3. The first kappa shape index (κ1) is 71.0. The number of para-hydroxylation sites is 2. The van der Waals surface area contributed by atoms with Gasteiger partial charge in [-0.2, -0.15) is 0 Å². The van der Waals surface area contributed by atoms with E-state index < -0.39 is 0 Å². The van der Waals surface area contributed by atoms with Gasteiger partial charge in [-0.1, -0.05) is 308 Å². The molecule has 4 nitrogen and oxygen atoms in total. The molecule has 20 aromatic rings. The Hall–Kier alpha value is -14.6. The Morgan fingerprint density at radius 2 is 0.479 bits per heavy atom. The smallest absolute Gasteiger partial charge is 0.0547 e. The number of benzene rings is 18. The average molecular weight is 1520 g/mol. The maximum Gasteiger partial charge on any atom is 0.0547 e. The van der Waals surface area contributed by atoms with Crippen molar-refractivity contribution in [2.24, 2.45) is 0 Å². The minimum Gasteiger partial charge on any atom is -0.310 e. The van der Waals surface area contributed by atoms with Gasteiger partial charge in [-0.05, 0) is 268 Å². The highest BCUT2D eigenvalue weighted by Gasteiger charge is 2.39. The summed E-state index contributed by atoms with van der Waals surface area (Å²) < 4.78 is 4.91. The lowest BCUT2D eigenvalue weighted by Crippen LogP contribution is -2.16. The normalized spacial score (nSPS) is 13.5. The Morgan fingerprint density at radius 1 is 0.176 bits per heavy atom. The molecule has 0 amide bonds. The molecule has 0 unspecified atom stereocenters. The Morgan fingerprint density at radius 3 is 0.941 bits per heavy atom. The molecule has 0 saturated heterocycles. The van der Waals surface area contributed by atoms with Crippen molar-refractivity contribution in [3.8, 4) is 89.3 Å². The van der Waals surface area contributed by atoms with Crippen molar-refractivity contribution in [1.29, 1.82) is 0 Å². The molecule has 0 spiro atoms. The molecule has 2 heterocycles. The zero-order valence-corrected chi connectivity index (χ0v) is 67.5. The first-order valence-electron chi connectivity index (χ1n) is 41.7. The van der Waals surface area contributed by atoms with Crippen LogP contribution in [-0.2, 0) is 16.2 Å². The molecular formula is C115H86N4. The topological polar surface area (TPSA) is 16.3 Å². The van der Waals surface area contributed by atoms with Crippen molar-refractivity contribution in [3.05, 3.63) is 446 Å². The third-order valence-electron chi connectivity index (χ3n) is 26.2. The van der Waals surface area contributed by atoms with Gasteiger partial charge >= 0.3 is 0 Å². The minimum absolute atomic E-state index is 0.0651. The molecule has 0 fully saturated rings. The Balaban J connectivity index is 0.000000149. The zero-order chi connectivity index (χ0) is 79.8. The lowest BCUT2D eigenvalue weighted by Gasteiger charge is -2.28. The van der Waals surface area contributed by atoms with Crippen LogP contribution in [0.25, 0.3) is 144 Å². The van der Waals surface area contributed by atoms with Gasteiger partial charge in [0, 0.05) is 83.3 Å². The van der Waals surface area contributed by atoms with Crippen LogP contribution in [0.2, 0.25) is 0 Å². The summed E-state index contributed by atoms with van der Waals surface area (Å²) in [6.07, 6.45) is 0. The van der Waals surface area contributed by atoms with Crippen LogP contribution >= 0.6 is 0 Å². The molecule has 0 saturated carbocycles. The molecule has 119 heavy (non-hydrogen) atoms. The lowest BCUT2D eigenvalue weighted by atomic mass is 9.82. The molecule has 23 rings (SSSR count). The van der Waals surface area contributed by atoms with E-state index in [-0.39, 0.29) is 16.2 Å². The fourth-order valence-corrected chi connectivity index (χ4v) is 20.0. The largest absolute Gasteiger partial charge is 0.310 e. The van der Waals surface area contributed by atoms with Gasteiger partial charge in [-0.25, -0.2) is 0 Å². The number of hydrogen-bond donors (Lipinski definition) is 0. The molecule has 18 aromatic carbocycles. The maximum absolute atomic E-state index is 2.49. The summed E-state index contributed by atoms with van der Waals surface area (Å²) in [4.78, 5) is 4.76. The summed E-state index contributed by atoms with van der Waals surface area (Å²) in [6.45, 7) is 14.2. The Bertz CT molecular complexity index is 7370. The predicted octanol–water partition coefficient (Wildman–Crippen LogP) is 31.2. The van der Waals surface area contributed by atoms with E-state index in [1.807, 2.05) is 0 Å². The predicted molar refractivity (Wildman–Crippen MR) is 503 cm³/mol. The number of anilines is 6. The van der Waals surface area contributed by atoms with Gasteiger partial charge in [0.25, 0.3) is 0 Å². The van der Waals surface area contributed by atoms with Gasteiger partial charge in [-0.3, -0.25) is 0 Å². The van der Waals surface area contributed by atoms with Crippen LogP contribution in [0.3, 0.4) is 0 Å². The summed E-state index contributed by atoms with van der Waals surface area (Å²) in [6, 6.07) is 152. The highest BCUT2D eigenvalue weighted by molar-refractivity contribution is 6.14. The van der Waals surface area contributed by atoms with Gasteiger partial charge < -0.3 is 18.9 Å². The van der Waals surface area contributed by atoms with Gasteiger partial charge in [0.1, 0.15) is 0 Å². The second kappa shape index (κ2) is 27.8. The third kappa shape index (κ3) is 11.7. The van der Waals surface area contributed by atoms with Gasteiger partial charge in [0.2, 0.25) is 0 Å². The molecular weight excluding hydrogens is 1440 g/mol. The van der Waals surface area contributed by atoms with E-state index >= 15 is 0 Å². The first-order valence-corrected chi connectivity index (χ1v) is 41.7. The Labute approximate surface area is 695 Å². The Kier molecular flexibility index (Phi) is 16.6. The summed E-state index contributed by atoms with van der Waals surface area (Å²) in [7, 11) is 0. The SMILES string of the molecule is CC1(C)c2ccccc2-c2cc3c(cc21)c1cc(-c2ccc(N(c4ccccc4)c4ccc5ccccc5c4)cc2)ccc1n3-c1ccccc1.CC1(C)c2ccccc2-c2ccc(N(c3ccc(-c4ccccc4)cc3)c3ccc(-c4ccc5c(c4)c4cc6c(cc4n5-c4ccc(-c5ccccc5)cc4)-c4ccccc4C6(C)C)cc3)cc21. The van der Waals surface area contributed by atoms with Crippen molar-refractivity contribution >= 4 is 88.5 Å². The number of rotatable bonds is 12. The monoisotopic (exact) mass is 1520 g/mol. The minimum atomic E-state index is -0.109. The quantitative estimate of drug-likeness (QED) is 0.121. The average Bonchev–Trinajstić information content (AvgIpc) is 1.56. The summed E-state index contributed by atoms with van der Waals surface area (Å²) in [5, 5.41) is 7.56. The van der Waals surface area contributed by atoms with E-state index in [1.165, 1.54) is 171 Å². The highest BCUT2D eigenvalue weighted by atomic mass is 15.1. The van der Waals surface area contributed by atoms with Crippen LogP contribution in [-0.4, -0.2) is 9.13 Å². The second-order valence-electron chi connectivity index (χ2n) is 34.0. The molecule has 566 valence electrons. The van der Waals surface area contributed by atoms with E-state index in [0.717, 1.165) is 39.8 Å². The summed E-state index contributed by atoms with van der Waals surface area (Å²) >= 11 is 0. The molecule has 3 aliphatic carbocycles. The van der Waals surface area contributed by atoms with E-state index in [4.69, 9.17) is 0 Å². The van der Waals surface area contributed by atoms with Crippen molar-refractivity contribution in [1.82, 2.24) is 9.13 Å². The standard InChI is InChI=1S/C66H50N2.C49H36N2/c1-65(2)59-21-13-11-19-53(59)55-37-36-52(40-61(55)65)67(49-30-23-45(24-31-49)43-15-7-5-8-16-43)50-32-27-47(28-33-50)48-29-38-63-57(39-48)58-41-62-56(54-20-12-14-22-60(54)66(62,3)4)42-64(58)68(63)51-34-25-46(26-35-51)44-17-9-6-10-18-44;1-49(2)45-20-12-11-19-41(45)42-32-48-44(31-46(42)49)43-30-36(24-28-47(43)51(48)38-17-7-4-8-18-38)34-21-25-39(26-22-34)50(37-15-5-3-6-16-37)40-27-23-33-13-9-10-14-35(33)29-40/h5-42H,1-4H3;3-32H,1-2H3. The number of fused-ring (bicyclic) bond motifs is 16. The van der Waals surface area contributed by atoms with E-state index in [1.54, 1.807) is 0 Å². The number of aromatic nitrogens is 2. The fraction of sp³-hybridized carbons (Fsp3) is 0.0783. The zero-order valence-electron chi connectivity index (χ0n) is 67.5. The lowest BCUT2D eigenvalue weighted by molar-refractivity contribution is 0.660. The van der Waals surface area contributed by atoms with Crippen LogP contribution in [0.5, 0.6) is 0 Å². The van der Waals surface area contributed by atoms with Crippen LogP contribution in [0.1, 0.15) is 74.9 Å². The summed E-state index contributed by atoms with van der Waals surface area (Å²) in [5.41, 5.74) is 39.7. The van der Waals surface area contributed by atoms with Crippen LogP contribution in [0, 0.1) is 0 Å². The summed E-state index contributed by atoms with van der Waals surface area (Å²) in [5.74, 6) is 0. The molecule has 0 atom stereocenters. The second-order valence-corrected chi connectivity index (χ2v) is 34.0. The van der Waals surface area contributed by atoms with Crippen LogP contribution in [0.15, 0.2) is 413 Å². The highest BCUT2D eigenvalue weighted by Crippen LogP contribution is 2.55. The molecule has 0 N–H and O–H groups in total. The molecule has 0 bridgehead atoms. The molecule has 4 heteroatoms. The van der Waals surface area contributed by atoms with Crippen molar-refractivity contribution in [2.45, 2.75) is 57.8 Å². The van der Waals surface area contributed by atoms with E-state index in [0.29, 0.717) is 0 Å². The molecule has 0 radical (unpaired) electrons. The van der Waals surface area contributed by atoms with Gasteiger partial charge in [0.05, 0.1) is 22.1 Å². The van der Waals surface area contributed by atoms with Crippen molar-refractivity contribution in [2.75, 3.05) is 9.80 Å². The van der Waals surface area contributed by atoms with Crippen molar-refractivity contribution in [3.63, 3.8) is 0 Å². The third-order valence-corrected chi connectivity index (χ3v) is 26.2. The van der Waals surface area contributed by atoms with Gasteiger partial charge in [0.15, 0.2) is 0 Å². The van der Waals surface area contributed by atoms with E-state index in [2.05, 4.69) is 473 Å². The van der Waals surface area contributed by atoms with Crippen molar-refractivity contribution < 1.29 is 0 Å². The maximum atomic E-state index is 2.49. The molecule has 2 aromatic heterocycles. The van der Waals surface area contributed by atoms with Gasteiger partial charge in [-0.15, -0.1) is 0 Å². The van der Waals surface area contributed by atoms with Crippen LogP contribution in [0.4, 0.5) is 34.1 Å². The number of nitrogens with zero attached hydrogens (tertiary/aromatic N) is 4. The van der Waals surface area contributed by atoms with Crippen LogP contribution < -0.4 is 9.80 Å². The van der Waals surface area contributed by atoms with E-state index in [9.17, 15) is 0 Å². The number of hydrogen-bond acceptors (Lipinski definition) is 2. The fourth-order valence-electron chi connectivity index (χ4n) is 20.0. The molecule has 0 aliphatic heterocycles.